The van der Waals surface area contributed by atoms with Gasteiger partial charge in [0.2, 0.25) is 0 Å². The van der Waals surface area contributed by atoms with Gasteiger partial charge in [0.05, 0.1) is 10.5 Å². The van der Waals surface area contributed by atoms with Crippen LogP contribution in [0.1, 0.15) is 24.1 Å². The van der Waals surface area contributed by atoms with Crippen molar-refractivity contribution in [1.82, 2.24) is 0 Å². The zero-order valence-corrected chi connectivity index (χ0v) is 11.7. The largest absolute Gasteiger partial charge is 0.453 e. The summed E-state index contributed by atoms with van der Waals surface area (Å²) in [6.45, 7) is 3.27. The van der Waals surface area contributed by atoms with Crippen molar-refractivity contribution in [2.75, 3.05) is 0 Å². The second-order valence-electron chi connectivity index (χ2n) is 4.71. The number of nitro groups is 1. The molecule has 2 aromatic rings. The van der Waals surface area contributed by atoms with E-state index in [1.54, 1.807) is 32.0 Å². The van der Waals surface area contributed by atoms with Gasteiger partial charge in [0, 0.05) is 17.7 Å². The Balaban J connectivity index is 2.49. The number of halogens is 1. The van der Waals surface area contributed by atoms with E-state index in [2.05, 4.69) is 0 Å². The van der Waals surface area contributed by atoms with Crippen LogP contribution in [0.25, 0.3) is 0 Å². The van der Waals surface area contributed by atoms with E-state index in [9.17, 15) is 14.5 Å². The van der Waals surface area contributed by atoms with E-state index >= 15 is 0 Å². The number of nitrogens with zero attached hydrogens (tertiary/aromatic N) is 1. The Kier molecular flexibility index (Phi) is 4.18. The molecule has 0 heterocycles. The van der Waals surface area contributed by atoms with Gasteiger partial charge in [0.15, 0.2) is 11.6 Å². The highest BCUT2D eigenvalue weighted by Gasteiger charge is 2.18. The van der Waals surface area contributed by atoms with E-state index in [1.807, 2.05) is 0 Å². The summed E-state index contributed by atoms with van der Waals surface area (Å²) in [7, 11) is 0. The molecule has 110 valence electrons. The summed E-state index contributed by atoms with van der Waals surface area (Å²) in [6, 6.07) is 8.46. The van der Waals surface area contributed by atoms with E-state index in [1.165, 1.54) is 18.2 Å². The molecule has 0 aliphatic rings. The SMILES string of the molecule is Cc1c(Oc2c(F)cccc2[C@H](C)N)cccc1[N+](=O)[O-]. The zero-order valence-electron chi connectivity index (χ0n) is 11.7. The molecule has 0 spiro atoms. The molecule has 2 aromatic carbocycles. The quantitative estimate of drug-likeness (QED) is 0.685. The van der Waals surface area contributed by atoms with Gasteiger partial charge in [-0.3, -0.25) is 10.1 Å². The Bertz CT molecular complexity index is 687. The normalized spacial score (nSPS) is 12.0. The Morgan fingerprint density at radius 3 is 2.57 bits per heavy atom. The fourth-order valence-corrected chi connectivity index (χ4v) is 2.01. The standard InChI is InChI=1S/C15H15FN2O3/c1-9-13(18(19)20)7-4-8-14(9)21-15-11(10(2)17)5-3-6-12(15)16/h3-8,10H,17H2,1-2H3/t10-/m0/s1. The summed E-state index contributed by atoms with van der Waals surface area (Å²) in [6.07, 6.45) is 0. The van der Waals surface area contributed by atoms with Crippen molar-refractivity contribution in [3.8, 4) is 11.5 Å². The molecule has 0 fully saturated rings. The summed E-state index contributed by atoms with van der Waals surface area (Å²) in [5, 5.41) is 10.9. The summed E-state index contributed by atoms with van der Waals surface area (Å²) in [5.74, 6) is -0.331. The van der Waals surface area contributed by atoms with Crippen LogP contribution in [0.4, 0.5) is 10.1 Å². The minimum Gasteiger partial charge on any atom is -0.453 e. The number of para-hydroxylation sites is 1. The molecule has 0 unspecified atom stereocenters. The molecule has 21 heavy (non-hydrogen) atoms. The average Bonchev–Trinajstić information content (AvgIpc) is 2.42. The number of benzene rings is 2. The molecule has 2 N–H and O–H groups in total. The van der Waals surface area contributed by atoms with Gasteiger partial charge in [0.1, 0.15) is 5.75 Å². The molecule has 0 saturated carbocycles. The summed E-state index contributed by atoms with van der Waals surface area (Å²) in [4.78, 5) is 10.4. The molecule has 0 aliphatic carbocycles. The van der Waals surface area contributed by atoms with Gasteiger partial charge in [-0.25, -0.2) is 4.39 Å². The molecule has 0 aromatic heterocycles. The lowest BCUT2D eigenvalue weighted by molar-refractivity contribution is -0.385. The van der Waals surface area contributed by atoms with Crippen LogP contribution >= 0.6 is 0 Å². The number of hydrogen-bond donors (Lipinski definition) is 1. The fraction of sp³-hybridized carbons (Fsp3) is 0.200. The molecule has 1 atom stereocenters. The van der Waals surface area contributed by atoms with E-state index in [4.69, 9.17) is 10.5 Å². The first-order chi connectivity index (χ1) is 9.91. The van der Waals surface area contributed by atoms with Crippen molar-refractivity contribution < 1.29 is 14.1 Å². The van der Waals surface area contributed by atoms with Crippen LogP contribution in [0.3, 0.4) is 0 Å². The molecular formula is C15H15FN2O3. The fourth-order valence-electron chi connectivity index (χ4n) is 2.01. The third kappa shape index (κ3) is 3.00. The third-order valence-corrected chi connectivity index (χ3v) is 3.15. The van der Waals surface area contributed by atoms with Crippen molar-refractivity contribution in [2.24, 2.45) is 5.73 Å². The topological polar surface area (TPSA) is 78.4 Å². The Hall–Kier alpha value is -2.47. The van der Waals surface area contributed by atoms with Gasteiger partial charge in [-0.2, -0.15) is 0 Å². The molecule has 2 rings (SSSR count). The maximum atomic E-state index is 14.0. The van der Waals surface area contributed by atoms with Crippen LogP contribution < -0.4 is 10.5 Å². The zero-order chi connectivity index (χ0) is 15.6. The summed E-state index contributed by atoms with van der Waals surface area (Å²) in [5.41, 5.74) is 6.56. The first-order valence-electron chi connectivity index (χ1n) is 6.37. The lowest BCUT2D eigenvalue weighted by Crippen LogP contribution is -2.08. The number of hydrogen-bond acceptors (Lipinski definition) is 4. The Morgan fingerprint density at radius 2 is 1.95 bits per heavy atom. The molecule has 6 heteroatoms. The monoisotopic (exact) mass is 290 g/mol. The van der Waals surface area contributed by atoms with Crippen LogP contribution in [0.15, 0.2) is 36.4 Å². The smallest absolute Gasteiger partial charge is 0.276 e. The van der Waals surface area contributed by atoms with Crippen LogP contribution in [0.5, 0.6) is 11.5 Å². The first kappa shape index (κ1) is 14.9. The number of nitrogens with two attached hydrogens (primary N) is 1. The first-order valence-corrected chi connectivity index (χ1v) is 6.37. The van der Waals surface area contributed by atoms with Crippen LogP contribution in [-0.2, 0) is 0 Å². The van der Waals surface area contributed by atoms with Gasteiger partial charge in [0.25, 0.3) is 5.69 Å². The molecule has 0 amide bonds. The number of ether oxygens (including phenoxy) is 1. The summed E-state index contributed by atoms with van der Waals surface area (Å²) >= 11 is 0. The van der Waals surface area contributed by atoms with Crippen LogP contribution in [-0.4, -0.2) is 4.92 Å². The number of nitro benzene ring substituents is 1. The maximum Gasteiger partial charge on any atom is 0.276 e. The molecule has 0 bridgehead atoms. The number of rotatable bonds is 4. The van der Waals surface area contributed by atoms with Gasteiger partial charge in [-0.1, -0.05) is 18.2 Å². The molecule has 0 saturated heterocycles. The van der Waals surface area contributed by atoms with E-state index in [0.717, 1.165) is 0 Å². The van der Waals surface area contributed by atoms with E-state index < -0.39 is 16.8 Å². The van der Waals surface area contributed by atoms with Crippen molar-refractivity contribution >= 4 is 5.69 Å². The van der Waals surface area contributed by atoms with Gasteiger partial charge >= 0.3 is 0 Å². The minimum atomic E-state index is -0.560. The Morgan fingerprint density at radius 1 is 1.29 bits per heavy atom. The van der Waals surface area contributed by atoms with Crippen molar-refractivity contribution in [3.05, 3.63) is 63.5 Å². The summed E-state index contributed by atoms with van der Waals surface area (Å²) < 4.78 is 19.5. The van der Waals surface area contributed by atoms with Gasteiger partial charge in [-0.05, 0) is 26.0 Å². The molecule has 5 nitrogen and oxygen atoms in total. The average molecular weight is 290 g/mol. The molecule has 0 radical (unpaired) electrons. The lowest BCUT2D eigenvalue weighted by atomic mass is 10.1. The molecular weight excluding hydrogens is 275 g/mol. The predicted octanol–water partition coefficient (Wildman–Crippen LogP) is 3.85. The highest BCUT2D eigenvalue weighted by molar-refractivity contribution is 5.51. The van der Waals surface area contributed by atoms with Gasteiger partial charge in [-0.15, -0.1) is 0 Å². The van der Waals surface area contributed by atoms with E-state index in [-0.39, 0.29) is 17.2 Å². The molecule has 0 aliphatic heterocycles. The van der Waals surface area contributed by atoms with E-state index in [0.29, 0.717) is 11.1 Å². The van der Waals surface area contributed by atoms with Crippen molar-refractivity contribution in [3.63, 3.8) is 0 Å². The predicted molar refractivity (Wildman–Crippen MR) is 76.9 cm³/mol. The second-order valence-corrected chi connectivity index (χ2v) is 4.71. The lowest BCUT2D eigenvalue weighted by Gasteiger charge is -2.15. The van der Waals surface area contributed by atoms with Crippen molar-refractivity contribution in [2.45, 2.75) is 19.9 Å². The maximum absolute atomic E-state index is 14.0. The van der Waals surface area contributed by atoms with Gasteiger partial charge < -0.3 is 10.5 Å². The van der Waals surface area contributed by atoms with Crippen molar-refractivity contribution in [1.29, 1.82) is 0 Å². The highest BCUT2D eigenvalue weighted by Crippen LogP contribution is 2.35. The highest BCUT2D eigenvalue weighted by atomic mass is 19.1. The minimum absolute atomic E-state index is 0.00361. The third-order valence-electron chi connectivity index (χ3n) is 3.15. The van der Waals surface area contributed by atoms with Crippen LogP contribution in [0.2, 0.25) is 0 Å². The van der Waals surface area contributed by atoms with Crippen LogP contribution in [0, 0.1) is 22.9 Å². The Labute approximate surface area is 121 Å². The second kappa shape index (κ2) is 5.88.